The maximum Gasteiger partial charge on any atom is 0.172 e. The van der Waals surface area contributed by atoms with Gasteiger partial charge < -0.3 is 10.5 Å². The Bertz CT molecular complexity index is 1420. The normalized spacial score (nSPS) is 16.9. The number of rotatable bonds is 4. The number of fused-ring (bicyclic) bond motifs is 1. The highest BCUT2D eigenvalue weighted by atomic mass is 19.1. The molecule has 7 heteroatoms. The van der Waals surface area contributed by atoms with Crippen molar-refractivity contribution < 1.29 is 17.9 Å². The number of aromatic nitrogens is 1. The second kappa shape index (κ2) is 7.78. The molecule has 0 aliphatic carbocycles. The van der Waals surface area contributed by atoms with Gasteiger partial charge in [0.2, 0.25) is 0 Å². The number of ether oxygens (including phenoxy) is 1. The number of benzene rings is 3. The lowest BCUT2D eigenvalue weighted by atomic mass is 9.77. The van der Waals surface area contributed by atoms with Gasteiger partial charge in [-0.2, -0.15) is 0 Å². The monoisotopic (exact) mass is 445 g/mol. The van der Waals surface area contributed by atoms with E-state index in [0.29, 0.717) is 16.7 Å². The zero-order valence-electron chi connectivity index (χ0n) is 17.5. The highest BCUT2D eigenvalue weighted by Gasteiger charge is 2.44. The lowest BCUT2D eigenvalue weighted by Crippen LogP contribution is -2.27. The minimum Gasteiger partial charge on any atom is -0.494 e. The Morgan fingerprint density at radius 2 is 1.61 bits per heavy atom. The number of amidine groups is 1. The van der Waals surface area contributed by atoms with Crippen LogP contribution in [0.2, 0.25) is 0 Å². The summed E-state index contributed by atoms with van der Waals surface area (Å²) in [6, 6.07) is 17.4. The van der Waals surface area contributed by atoms with Gasteiger partial charge in [0, 0.05) is 28.5 Å². The van der Waals surface area contributed by atoms with Gasteiger partial charge in [0.05, 0.1) is 13.3 Å². The van der Waals surface area contributed by atoms with Gasteiger partial charge in [-0.3, -0.25) is 4.98 Å². The molecule has 4 nitrogen and oxygen atoms in total. The summed E-state index contributed by atoms with van der Waals surface area (Å²) in [6.07, 6.45) is 2.55. The van der Waals surface area contributed by atoms with Gasteiger partial charge in [-0.05, 0) is 35.4 Å². The van der Waals surface area contributed by atoms with Gasteiger partial charge in [-0.1, -0.05) is 42.5 Å². The molecule has 164 valence electrons. The molecule has 0 saturated heterocycles. The van der Waals surface area contributed by atoms with E-state index in [2.05, 4.69) is 4.98 Å². The van der Waals surface area contributed by atoms with Crippen molar-refractivity contribution in [2.24, 2.45) is 10.7 Å². The van der Waals surface area contributed by atoms with Crippen LogP contribution in [0.25, 0.3) is 11.1 Å². The SMILES string of the molecule is COc1cccc(-c2cc(C3(c4ccncc4F)N=C(N)c4ccccc43)ccc2F)c1F. The quantitative estimate of drug-likeness (QED) is 0.471. The molecule has 0 amide bonds. The van der Waals surface area contributed by atoms with Crippen molar-refractivity contribution >= 4 is 5.84 Å². The molecule has 2 heterocycles. The van der Waals surface area contributed by atoms with Gasteiger partial charge in [0.15, 0.2) is 11.6 Å². The Morgan fingerprint density at radius 1 is 0.818 bits per heavy atom. The fourth-order valence-corrected chi connectivity index (χ4v) is 4.41. The van der Waals surface area contributed by atoms with Crippen LogP contribution in [0.3, 0.4) is 0 Å². The number of pyridine rings is 1. The van der Waals surface area contributed by atoms with Crippen molar-refractivity contribution in [2.45, 2.75) is 5.54 Å². The van der Waals surface area contributed by atoms with Crippen molar-refractivity contribution in [1.29, 1.82) is 0 Å². The summed E-state index contributed by atoms with van der Waals surface area (Å²) < 4.78 is 50.2. The first-order valence-electron chi connectivity index (χ1n) is 10.2. The van der Waals surface area contributed by atoms with Gasteiger partial charge in [-0.25, -0.2) is 18.2 Å². The second-order valence-corrected chi connectivity index (χ2v) is 7.63. The van der Waals surface area contributed by atoms with E-state index in [4.69, 9.17) is 15.5 Å². The Kier molecular flexibility index (Phi) is 4.89. The second-order valence-electron chi connectivity index (χ2n) is 7.63. The number of methoxy groups -OCH3 is 1. The first-order valence-corrected chi connectivity index (χ1v) is 10.2. The molecular weight excluding hydrogens is 427 g/mol. The van der Waals surface area contributed by atoms with Gasteiger partial charge in [0.1, 0.15) is 23.0 Å². The number of hydrogen-bond donors (Lipinski definition) is 1. The molecule has 4 aromatic rings. The predicted molar refractivity (Wildman–Crippen MR) is 120 cm³/mol. The van der Waals surface area contributed by atoms with Crippen molar-refractivity contribution in [3.05, 3.63) is 119 Å². The zero-order valence-corrected chi connectivity index (χ0v) is 17.5. The fourth-order valence-electron chi connectivity index (χ4n) is 4.41. The van der Waals surface area contributed by atoms with E-state index in [0.717, 1.165) is 6.20 Å². The number of aliphatic imine (C=N–C) groups is 1. The Balaban J connectivity index is 1.83. The predicted octanol–water partition coefficient (Wildman–Crippen LogP) is 5.19. The molecule has 0 bridgehead atoms. The molecule has 5 rings (SSSR count). The highest BCUT2D eigenvalue weighted by Crippen LogP contribution is 2.47. The number of nitrogens with two attached hydrogens (primary N) is 1. The molecule has 0 fully saturated rings. The summed E-state index contributed by atoms with van der Waals surface area (Å²) in [5.74, 6) is -1.72. The maximum absolute atomic E-state index is 15.1. The third-order valence-electron chi connectivity index (χ3n) is 5.90. The summed E-state index contributed by atoms with van der Waals surface area (Å²) in [4.78, 5) is 8.54. The van der Waals surface area contributed by atoms with E-state index in [9.17, 15) is 4.39 Å². The lowest BCUT2D eigenvalue weighted by molar-refractivity contribution is 0.387. The third-order valence-corrected chi connectivity index (χ3v) is 5.90. The van der Waals surface area contributed by atoms with Crippen LogP contribution in [0.5, 0.6) is 5.75 Å². The molecular formula is C26H18F3N3O. The molecule has 33 heavy (non-hydrogen) atoms. The average Bonchev–Trinajstić information content (AvgIpc) is 3.13. The third kappa shape index (κ3) is 3.08. The molecule has 1 unspecified atom stereocenters. The summed E-state index contributed by atoms with van der Waals surface area (Å²) in [6.45, 7) is 0. The number of hydrogen-bond acceptors (Lipinski definition) is 4. The van der Waals surface area contributed by atoms with Crippen LogP contribution < -0.4 is 10.5 Å². The fraction of sp³-hybridized carbons (Fsp3) is 0.0769. The van der Waals surface area contributed by atoms with E-state index in [1.54, 1.807) is 24.3 Å². The molecule has 2 N–H and O–H groups in total. The van der Waals surface area contributed by atoms with Crippen LogP contribution in [-0.2, 0) is 5.54 Å². The number of nitrogens with zero attached hydrogens (tertiary/aromatic N) is 2. The van der Waals surface area contributed by atoms with E-state index < -0.39 is 23.0 Å². The molecule has 1 atom stereocenters. The summed E-state index contributed by atoms with van der Waals surface area (Å²) >= 11 is 0. The first-order chi connectivity index (χ1) is 16.0. The van der Waals surface area contributed by atoms with Gasteiger partial charge >= 0.3 is 0 Å². The zero-order chi connectivity index (χ0) is 23.2. The van der Waals surface area contributed by atoms with Gasteiger partial charge in [-0.15, -0.1) is 0 Å². The van der Waals surface area contributed by atoms with Crippen LogP contribution in [0.4, 0.5) is 13.2 Å². The minimum absolute atomic E-state index is 0.00380. The van der Waals surface area contributed by atoms with Crippen molar-refractivity contribution in [2.75, 3.05) is 7.11 Å². The summed E-state index contributed by atoms with van der Waals surface area (Å²) in [7, 11) is 1.34. The first kappa shape index (κ1) is 20.8. The van der Waals surface area contributed by atoms with Crippen molar-refractivity contribution in [3.8, 4) is 16.9 Å². The number of halogens is 3. The van der Waals surface area contributed by atoms with Crippen LogP contribution in [0.15, 0.2) is 84.1 Å². The summed E-state index contributed by atoms with van der Waals surface area (Å²) in [5, 5.41) is 0. The maximum atomic E-state index is 15.1. The molecule has 1 aliphatic heterocycles. The topological polar surface area (TPSA) is 60.5 Å². The van der Waals surface area contributed by atoms with E-state index in [1.165, 1.54) is 49.7 Å². The van der Waals surface area contributed by atoms with Crippen LogP contribution in [0.1, 0.15) is 22.3 Å². The Hall–Kier alpha value is -4.13. The lowest BCUT2D eigenvalue weighted by Gasteiger charge is -2.30. The molecule has 1 aliphatic rings. The highest BCUT2D eigenvalue weighted by molar-refractivity contribution is 6.03. The van der Waals surface area contributed by atoms with E-state index in [1.807, 2.05) is 6.07 Å². The molecule has 3 aromatic carbocycles. The van der Waals surface area contributed by atoms with Crippen LogP contribution in [0, 0.1) is 17.5 Å². The molecule has 0 saturated carbocycles. The Morgan fingerprint density at radius 3 is 2.39 bits per heavy atom. The summed E-state index contributed by atoms with van der Waals surface area (Å²) in [5.41, 5.74) is 6.78. The standard InChI is InChI=1S/C26H18F3N3O/c1-33-23-8-4-6-16(24(23)29)18-13-15(9-10-21(18)27)26(20-11-12-31-14-22(20)28)19-7-3-2-5-17(19)25(30)32-26/h2-14H,1H3,(H2,30,32). The van der Waals surface area contributed by atoms with Crippen LogP contribution >= 0.6 is 0 Å². The van der Waals surface area contributed by atoms with E-state index in [-0.39, 0.29) is 28.3 Å². The Labute approximate surface area is 188 Å². The van der Waals surface area contributed by atoms with Crippen molar-refractivity contribution in [3.63, 3.8) is 0 Å². The molecule has 0 spiro atoms. The largest absolute Gasteiger partial charge is 0.494 e. The van der Waals surface area contributed by atoms with Crippen LogP contribution in [-0.4, -0.2) is 17.9 Å². The van der Waals surface area contributed by atoms with Crippen molar-refractivity contribution in [1.82, 2.24) is 4.98 Å². The minimum atomic E-state index is -1.40. The van der Waals surface area contributed by atoms with E-state index >= 15 is 8.78 Å². The smallest absolute Gasteiger partial charge is 0.172 e. The molecule has 0 radical (unpaired) electrons. The van der Waals surface area contributed by atoms with Gasteiger partial charge in [0.25, 0.3) is 0 Å². The molecule has 1 aromatic heterocycles. The average molecular weight is 445 g/mol.